The summed E-state index contributed by atoms with van der Waals surface area (Å²) in [7, 11) is 0. The fourth-order valence-electron chi connectivity index (χ4n) is 5.02. The third-order valence-electron chi connectivity index (χ3n) is 7.41. The number of fused-ring (bicyclic) bond motifs is 1. The van der Waals surface area contributed by atoms with Gasteiger partial charge in [0.15, 0.2) is 35.1 Å². The second kappa shape index (κ2) is 13.3. The van der Waals surface area contributed by atoms with E-state index in [4.69, 9.17) is 34.9 Å². The zero-order valence-electron chi connectivity index (χ0n) is 23.0. The van der Waals surface area contributed by atoms with Crippen LogP contribution in [0.15, 0.2) is 10.9 Å². The molecule has 0 bridgehead atoms. The van der Waals surface area contributed by atoms with Crippen LogP contribution in [0.25, 0.3) is 11.2 Å². The Hall–Kier alpha value is -3.40. The minimum absolute atomic E-state index is 0.124. The van der Waals surface area contributed by atoms with Gasteiger partial charge in [-0.3, -0.25) is 9.36 Å². The first-order chi connectivity index (χ1) is 19.3. The van der Waals surface area contributed by atoms with Crippen molar-refractivity contribution in [2.75, 3.05) is 10.6 Å². The topological polar surface area (TPSA) is 220 Å². The lowest BCUT2D eigenvalue weighted by atomic mass is 9.92. The summed E-state index contributed by atoms with van der Waals surface area (Å²) in [6.07, 6.45) is 3.31. The number of rotatable bonds is 9. The molecule has 1 aliphatic carbocycles. The number of ether oxygens (including phenoxy) is 1. The van der Waals surface area contributed by atoms with Crippen molar-refractivity contribution in [2.45, 2.75) is 108 Å². The Morgan fingerprint density at radius 2 is 1.82 bits per heavy atom. The zero-order valence-corrected chi connectivity index (χ0v) is 23.0. The highest BCUT2D eigenvalue weighted by molar-refractivity contribution is 5.84. The molecular formula is C25H39N9O6. The number of anilines is 2. The second-order valence-electron chi connectivity index (χ2n) is 10.1. The van der Waals surface area contributed by atoms with Crippen LogP contribution in [0.3, 0.4) is 0 Å². The van der Waals surface area contributed by atoms with E-state index in [1.165, 1.54) is 0 Å². The number of imidazole rings is 1. The molecule has 3 aromatic rings. The lowest BCUT2D eigenvalue weighted by Gasteiger charge is -2.27. The Morgan fingerprint density at radius 1 is 1.12 bits per heavy atom. The molecular weight excluding hydrogens is 522 g/mol. The number of nitrogens with zero attached hydrogens (tertiary/aromatic N) is 6. The van der Waals surface area contributed by atoms with Crippen molar-refractivity contribution < 1.29 is 29.4 Å². The summed E-state index contributed by atoms with van der Waals surface area (Å²) in [5.41, 5.74) is 7.12. The predicted octanol–water partition coefficient (Wildman–Crippen LogP) is 1.75. The van der Waals surface area contributed by atoms with Gasteiger partial charge in [0.2, 0.25) is 5.95 Å². The standard InChI is InChI=1S/C24H37N9O4.CH2O2/c1-4-13(5-2)27-20-16-21(31-24(30-20)28-14-9-7-12(25)8-10-14)33(11-26-16)23-18(35)17(34)19(36-23)22-29-15(6-3)32-37-22;2-1-3/h11-14,17-19,23,34-35H,4-10,25H2,1-3H3,(H2,27,28,30,31);1H,(H,2,3)/t12-,14-,17-,18+,19-,23+;/m0./s1. The van der Waals surface area contributed by atoms with Crippen molar-refractivity contribution in [2.24, 2.45) is 5.73 Å². The maximum absolute atomic E-state index is 10.9. The smallest absolute Gasteiger partial charge is 0.290 e. The number of aromatic nitrogens is 6. The van der Waals surface area contributed by atoms with E-state index in [1.54, 1.807) is 10.9 Å². The summed E-state index contributed by atoms with van der Waals surface area (Å²) in [6.45, 7) is 5.89. The van der Waals surface area contributed by atoms with Crippen molar-refractivity contribution in [1.82, 2.24) is 29.7 Å². The Kier molecular flexibility index (Phi) is 9.84. The normalized spacial score (nSPS) is 26.5. The van der Waals surface area contributed by atoms with E-state index in [-0.39, 0.29) is 30.5 Å². The SMILES string of the molecule is CCc1noc([C@H]2O[C@@H](n3cnc4c(NC(CC)CC)nc(N[C@H]5CC[C@H](N)CC5)nc43)[C@H](O)[C@@H]2O)n1.O=CO. The van der Waals surface area contributed by atoms with Crippen LogP contribution in [-0.2, 0) is 16.0 Å². The average Bonchev–Trinajstić information content (AvgIpc) is 3.67. The number of aliphatic hydroxyl groups is 2. The molecule has 0 unspecified atom stereocenters. The molecule has 5 rings (SSSR count). The van der Waals surface area contributed by atoms with E-state index in [2.05, 4.69) is 39.6 Å². The minimum atomic E-state index is -1.26. The maximum atomic E-state index is 10.9. The first-order valence-corrected chi connectivity index (χ1v) is 13.8. The van der Waals surface area contributed by atoms with Crippen LogP contribution in [0.1, 0.15) is 83.3 Å². The Morgan fingerprint density at radius 3 is 2.45 bits per heavy atom. The molecule has 40 heavy (non-hydrogen) atoms. The van der Waals surface area contributed by atoms with Crippen LogP contribution >= 0.6 is 0 Å². The lowest BCUT2D eigenvalue weighted by Crippen LogP contribution is -2.33. The average molecular weight is 562 g/mol. The van der Waals surface area contributed by atoms with E-state index >= 15 is 0 Å². The molecule has 0 aromatic carbocycles. The highest BCUT2D eigenvalue weighted by Crippen LogP contribution is 2.40. The van der Waals surface area contributed by atoms with E-state index in [9.17, 15) is 10.2 Å². The molecule has 0 radical (unpaired) electrons. The Labute approximate surface area is 231 Å². The van der Waals surface area contributed by atoms with Crippen LogP contribution < -0.4 is 16.4 Å². The molecule has 220 valence electrons. The number of nitrogens with two attached hydrogens (primary N) is 1. The van der Waals surface area contributed by atoms with Gasteiger partial charge in [-0.1, -0.05) is 25.9 Å². The Balaban J connectivity index is 0.00000118. The third-order valence-corrected chi connectivity index (χ3v) is 7.41. The number of aliphatic hydroxyl groups excluding tert-OH is 2. The second-order valence-corrected chi connectivity index (χ2v) is 10.1. The van der Waals surface area contributed by atoms with Gasteiger partial charge in [-0.05, 0) is 38.5 Å². The molecule has 0 amide bonds. The summed E-state index contributed by atoms with van der Waals surface area (Å²) in [4.78, 5) is 26.7. The van der Waals surface area contributed by atoms with Gasteiger partial charge in [-0.15, -0.1) is 0 Å². The maximum Gasteiger partial charge on any atom is 0.290 e. The Bertz CT molecular complexity index is 1240. The molecule has 15 heteroatoms. The van der Waals surface area contributed by atoms with Gasteiger partial charge in [0, 0.05) is 24.5 Å². The van der Waals surface area contributed by atoms with Gasteiger partial charge in [0.1, 0.15) is 12.2 Å². The van der Waals surface area contributed by atoms with Crippen molar-refractivity contribution in [1.29, 1.82) is 0 Å². The lowest BCUT2D eigenvalue weighted by molar-refractivity contribution is -0.122. The van der Waals surface area contributed by atoms with Crippen LogP contribution in [0, 0.1) is 0 Å². The molecule has 1 aliphatic heterocycles. The van der Waals surface area contributed by atoms with Crippen molar-refractivity contribution in [3.63, 3.8) is 0 Å². The van der Waals surface area contributed by atoms with E-state index < -0.39 is 24.5 Å². The van der Waals surface area contributed by atoms with Gasteiger partial charge >= 0.3 is 0 Å². The molecule has 2 fully saturated rings. The number of hydrogen-bond donors (Lipinski definition) is 6. The van der Waals surface area contributed by atoms with Gasteiger partial charge in [0.25, 0.3) is 12.4 Å². The highest BCUT2D eigenvalue weighted by Gasteiger charge is 2.47. The number of carbonyl (C=O) groups is 1. The molecule has 1 saturated heterocycles. The molecule has 7 N–H and O–H groups in total. The van der Waals surface area contributed by atoms with Crippen LogP contribution in [0.4, 0.5) is 11.8 Å². The quantitative estimate of drug-likeness (QED) is 0.205. The van der Waals surface area contributed by atoms with Crippen molar-refractivity contribution in [3.8, 4) is 0 Å². The molecule has 3 aromatic heterocycles. The van der Waals surface area contributed by atoms with Gasteiger partial charge < -0.3 is 40.9 Å². The van der Waals surface area contributed by atoms with E-state index in [0.717, 1.165) is 38.5 Å². The zero-order chi connectivity index (χ0) is 28.8. The van der Waals surface area contributed by atoms with Crippen molar-refractivity contribution in [3.05, 3.63) is 18.0 Å². The summed E-state index contributed by atoms with van der Waals surface area (Å²) >= 11 is 0. The molecule has 2 aliphatic rings. The van der Waals surface area contributed by atoms with E-state index in [1.807, 2.05) is 6.92 Å². The first-order valence-electron chi connectivity index (χ1n) is 13.8. The monoisotopic (exact) mass is 561 g/mol. The molecule has 15 nitrogen and oxygen atoms in total. The summed E-state index contributed by atoms with van der Waals surface area (Å²) < 4.78 is 13.0. The van der Waals surface area contributed by atoms with Crippen LogP contribution in [0.2, 0.25) is 0 Å². The molecule has 1 saturated carbocycles. The van der Waals surface area contributed by atoms with Gasteiger partial charge in [-0.25, -0.2) is 4.98 Å². The largest absolute Gasteiger partial charge is 0.483 e. The predicted molar refractivity (Wildman–Crippen MR) is 144 cm³/mol. The van der Waals surface area contributed by atoms with Crippen LogP contribution in [0.5, 0.6) is 0 Å². The van der Waals surface area contributed by atoms with Gasteiger partial charge in [-0.2, -0.15) is 15.0 Å². The first kappa shape index (κ1) is 29.6. The van der Waals surface area contributed by atoms with Gasteiger partial charge in [0.05, 0.1) is 6.33 Å². The third kappa shape index (κ3) is 6.32. The summed E-state index contributed by atoms with van der Waals surface area (Å²) in [5, 5.41) is 39.4. The fourth-order valence-corrected chi connectivity index (χ4v) is 5.02. The fraction of sp³-hybridized carbons (Fsp3) is 0.680. The van der Waals surface area contributed by atoms with E-state index in [0.29, 0.717) is 35.2 Å². The summed E-state index contributed by atoms with van der Waals surface area (Å²) in [6, 6.07) is 0.677. The molecule has 4 heterocycles. The van der Waals surface area contributed by atoms with Crippen LogP contribution in [-0.4, -0.2) is 81.8 Å². The number of hydrogen-bond acceptors (Lipinski definition) is 13. The number of nitrogens with one attached hydrogen (secondary N) is 2. The summed E-state index contributed by atoms with van der Waals surface area (Å²) in [5.74, 6) is 1.71. The minimum Gasteiger partial charge on any atom is -0.483 e. The van der Waals surface area contributed by atoms with Crippen molar-refractivity contribution >= 4 is 29.4 Å². The number of carboxylic acid groups (broad SMARTS) is 1. The number of aryl methyl sites for hydroxylation is 1. The molecule has 0 spiro atoms. The highest BCUT2D eigenvalue weighted by atomic mass is 16.6. The molecule has 4 atom stereocenters.